The van der Waals surface area contributed by atoms with Crippen LogP contribution >= 0.6 is 0 Å². The Morgan fingerprint density at radius 1 is 1.17 bits per heavy atom. The van der Waals surface area contributed by atoms with Crippen LogP contribution in [0.15, 0.2) is 24.3 Å². The molecule has 1 atom stereocenters. The molecule has 1 fully saturated rings. The summed E-state index contributed by atoms with van der Waals surface area (Å²) in [6.45, 7) is 4.13. The average Bonchev–Trinajstić information content (AvgIpc) is 2.60. The molecule has 0 bridgehead atoms. The first-order valence-corrected chi connectivity index (χ1v) is 9.04. The summed E-state index contributed by atoms with van der Waals surface area (Å²) in [5, 5.41) is 11.1. The summed E-state index contributed by atoms with van der Waals surface area (Å²) in [6, 6.07) is 6.05. The molecule has 0 spiro atoms. The molecule has 0 saturated heterocycles. The molecular formula is C20H27O4-. The van der Waals surface area contributed by atoms with E-state index < -0.39 is 11.9 Å². The van der Waals surface area contributed by atoms with Gasteiger partial charge in [0.1, 0.15) is 6.10 Å². The van der Waals surface area contributed by atoms with Gasteiger partial charge in [-0.15, -0.1) is 0 Å². The van der Waals surface area contributed by atoms with Gasteiger partial charge in [-0.1, -0.05) is 57.2 Å². The van der Waals surface area contributed by atoms with E-state index in [-0.39, 0.29) is 17.2 Å². The Balaban J connectivity index is 1.90. The molecule has 0 heterocycles. The number of esters is 1. The van der Waals surface area contributed by atoms with Gasteiger partial charge in [-0.3, -0.25) is 0 Å². The molecule has 0 unspecified atom stereocenters. The van der Waals surface area contributed by atoms with Crippen LogP contribution < -0.4 is 5.11 Å². The van der Waals surface area contributed by atoms with E-state index in [2.05, 4.69) is 6.92 Å². The summed E-state index contributed by atoms with van der Waals surface area (Å²) in [4.78, 5) is 23.4. The van der Waals surface area contributed by atoms with E-state index in [0.29, 0.717) is 5.92 Å². The number of unbranched alkanes of at least 4 members (excludes halogenated alkanes) is 1. The lowest BCUT2D eigenvalue weighted by Crippen LogP contribution is -2.30. The van der Waals surface area contributed by atoms with E-state index in [1.807, 2.05) is 6.92 Å². The lowest BCUT2D eigenvalue weighted by molar-refractivity contribution is -0.255. The molecule has 4 heteroatoms. The summed E-state index contributed by atoms with van der Waals surface area (Å²) >= 11 is 0. The maximum Gasteiger partial charge on any atom is 0.339 e. The zero-order valence-corrected chi connectivity index (χ0v) is 14.6. The lowest BCUT2D eigenvalue weighted by Gasteiger charge is -2.32. The van der Waals surface area contributed by atoms with Crippen molar-refractivity contribution in [2.75, 3.05) is 0 Å². The van der Waals surface area contributed by atoms with Crippen molar-refractivity contribution in [2.24, 2.45) is 11.8 Å². The van der Waals surface area contributed by atoms with Gasteiger partial charge in [0.15, 0.2) is 0 Å². The molecule has 0 aliphatic heterocycles. The molecule has 1 saturated carbocycles. The Hall–Kier alpha value is -1.84. The smallest absolute Gasteiger partial charge is 0.339 e. The van der Waals surface area contributed by atoms with Gasteiger partial charge in [-0.25, -0.2) is 4.79 Å². The van der Waals surface area contributed by atoms with Gasteiger partial charge in [0.05, 0.1) is 11.5 Å². The van der Waals surface area contributed by atoms with E-state index in [1.165, 1.54) is 44.2 Å². The fraction of sp³-hybridized carbons (Fsp3) is 0.600. The Labute approximate surface area is 144 Å². The van der Waals surface area contributed by atoms with Crippen LogP contribution in [0.1, 0.15) is 79.5 Å². The largest absolute Gasteiger partial charge is 0.545 e. The fourth-order valence-corrected chi connectivity index (χ4v) is 3.61. The maximum atomic E-state index is 12.3. The van der Waals surface area contributed by atoms with E-state index in [9.17, 15) is 14.7 Å². The van der Waals surface area contributed by atoms with E-state index in [0.717, 1.165) is 18.8 Å². The lowest BCUT2D eigenvalue weighted by atomic mass is 9.78. The topological polar surface area (TPSA) is 66.4 Å². The number of benzene rings is 1. The van der Waals surface area contributed by atoms with Crippen molar-refractivity contribution < 1.29 is 19.4 Å². The van der Waals surface area contributed by atoms with Crippen molar-refractivity contribution in [3.63, 3.8) is 0 Å². The number of carboxylic acid groups (broad SMARTS) is 1. The highest BCUT2D eigenvalue weighted by Gasteiger charge is 2.27. The second kappa shape index (κ2) is 8.86. The molecule has 0 N–H and O–H groups in total. The van der Waals surface area contributed by atoms with E-state index in [1.54, 1.807) is 12.1 Å². The predicted molar refractivity (Wildman–Crippen MR) is 90.6 cm³/mol. The zero-order valence-electron chi connectivity index (χ0n) is 14.6. The van der Waals surface area contributed by atoms with Gasteiger partial charge in [0.2, 0.25) is 0 Å². The molecule has 0 amide bonds. The number of carbonyl (C=O) groups excluding carboxylic acids is 2. The second-order valence-electron chi connectivity index (χ2n) is 6.87. The Morgan fingerprint density at radius 3 is 2.38 bits per heavy atom. The molecule has 24 heavy (non-hydrogen) atoms. The third-order valence-corrected chi connectivity index (χ3v) is 5.18. The standard InChI is InChI=1S/C20H28O4/c1-3-4-7-15-10-12-16(13-11-15)14(2)24-20(23)18-9-6-5-8-17(18)19(21)22/h5-6,8-9,14-16H,3-4,7,10-13H2,1-2H3,(H,21,22)/p-1/t14-,15?,16?/m0/s1. The highest BCUT2D eigenvalue weighted by molar-refractivity contribution is 6.01. The highest BCUT2D eigenvalue weighted by Crippen LogP contribution is 2.34. The van der Waals surface area contributed by atoms with Crippen LogP contribution in [0.5, 0.6) is 0 Å². The molecule has 1 aromatic carbocycles. The van der Waals surface area contributed by atoms with Crippen LogP contribution in [0.3, 0.4) is 0 Å². The van der Waals surface area contributed by atoms with Crippen molar-refractivity contribution in [3.8, 4) is 0 Å². The summed E-state index contributed by atoms with van der Waals surface area (Å²) in [5.74, 6) is -0.758. The molecule has 0 aromatic heterocycles. The summed E-state index contributed by atoms with van der Waals surface area (Å²) in [5.41, 5.74) is -0.0426. The maximum absolute atomic E-state index is 12.3. The molecule has 4 nitrogen and oxygen atoms in total. The number of aromatic carboxylic acids is 1. The third kappa shape index (κ3) is 4.83. The van der Waals surface area contributed by atoms with Crippen molar-refractivity contribution in [2.45, 2.75) is 64.9 Å². The van der Waals surface area contributed by atoms with Crippen LogP contribution in [0.2, 0.25) is 0 Å². The second-order valence-corrected chi connectivity index (χ2v) is 6.87. The first kappa shape index (κ1) is 18.5. The number of hydrogen-bond donors (Lipinski definition) is 0. The Morgan fingerprint density at radius 2 is 1.79 bits per heavy atom. The van der Waals surface area contributed by atoms with Crippen molar-refractivity contribution in [1.82, 2.24) is 0 Å². The van der Waals surface area contributed by atoms with Crippen LogP contribution in [0, 0.1) is 11.8 Å². The molecule has 1 aliphatic carbocycles. The Kier molecular flexibility index (Phi) is 6.83. The van der Waals surface area contributed by atoms with Crippen LogP contribution in [-0.4, -0.2) is 18.0 Å². The van der Waals surface area contributed by atoms with Gasteiger partial charge in [0, 0.05) is 5.56 Å². The fourth-order valence-electron chi connectivity index (χ4n) is 3.61. The molecule has 2 rings (SSSR count). The minimum absolute atomic E-state index is 0.0704. The van der Waals surface area contributed by atoms with Gasteiger partial charge >= 0.3 is 5.97 Å². The first-order valence-electron chi connectivity index (χ1n) is 9.04. The summed E-state index contributed by atoms with van der Waals surface area (Å²) < 4.78 is 5.55. The number of ether oxygens (including phenoxy) is 1. The van der Waals surface area contributed by atoms with Crippen molar-refractivity contribution >= 4 is 11.9 Å². The monoisotopic (exact) mass is 331 g/mol. The SMILES string of the molecule is CCCCC1CCC([C@H](C)OC(=O)c2ccccc2C(=O)[O-])CC1. The number of rotatable bonds is 7. The number of carbonyl (C=O) groups is 2. The molecule has 0 radical (unpaired) electrons. The highest BCUT2D eigenvalue weighted by atomic mass is 16.5. The summed E-state index contributed by atoms with van der Waals surface area (Å²) in [6.07, 6.45) is 8.18. The average molecular weight is 331 g/mol. The van der Waals surface area contributed by atoms with Crippen LogP contribution in [0.25, 0.3) is 0 Å². The Bertz CT molecular complexity index is 559. The van der Waals surface area contributed by atoms with Crippen molar-refractivity contribution in [1.29, 1.82) is 0 Å². The summed E-state index contributed by atoms with van der Waals surface area (Å²) in [7, 11) is 0. The molecule has 1 aromatic rings. The molecule has 132 valence electrons. The predicted octanol–water partition coefficient (Wildman–Crippen LogP) is 3.59. The van der Waals surface area contributed by atoms with Gasteiger partial charge < -0.3 is 14.6 Å². The third-order valence-electron chi connectivity index (χ3n) is 5.18. The number of hydrogen-bond acceptors (Lipinski definition) is 4. The van der Waals surface area contributed by atoms with Crippen molar-refractivity contribution in [3.05, 3.63) is 35.4 Å². The van der Waals surface area contributed by atoms with E-state index in [4.69, 9.17) is 4.74 Å². The molecular weight excluding hydrogens is 304 g/mol. The molecule has 1 aliphatic rings. The minimum atomic E-state index is -1.35. The first-order chi connectivity index (χ1) is 11.5. The van der Waals surface area contributed by atoms with Gasteiger partial charge in [0.25, 0.3) is 0 Å². The minimum Gasteiger partial charge on any atom is -0.545 e. The van der Waals surface area contributed by atoms with Crippen LogP contribution in [-0.2, 0) is 4.74 Å². The van der Waals surface area contributed by atoms with E-state index >= 15 is 0 Å². The van der Waals surface area contributed by atoms with Gasteiger partial charge in [-0.05, 0) is 37.7 Å². The normalized spacial score (nSPS) is 21.9. The van der Waals surface area contributed by atoms with Gasteiger partial charge in [-0.2, -0.15) is 0 Å². The quantitative estimate of drug-likeness (QED) is 0.716. The van der Waals surface area contributed by atoms with Crippen LogP contribution in [0.4, 0.5) is 0 Å². The zero-order chi connectivity index (χ0) is 17.5. The number of carboxylic acids is 1.